The van der Waals surface area contributed by atoms with Gasteiger partial charge in [-0.1, -0.05) is 39.0 Å². The van der Waals surface area contributed by atoms with Gasteiger partial charge in [-0.15, -0.1) is 0 Å². The Labute approximate surface area is 123 Å². The number of aromatic nitrogens is 1. The smallest absolute Gasteiger partial charge is 0.405 e. The predicted octanol–water partition coefficient (Wildman–Crippen LogP) is 2.96. The van der Waals surface area contributed by atoms with Crippen molar-refractivity contribution in [2.24, 2.45) is 5.41 Å². The molecule has 0 saturated carbocycles. The molecule has 2 rings (SSSR count). The van der Waals surface area contributed by atoms with Gasteiger partial charge < -0.3 is 20.2 Å². The van der Waals surface area contributed by atoms with Crippen molar-refractivity contribution in [3.8, 4) is 0 Å². The maximum Gasteiger partial charge on any atom is 0.405 e. The van der Waals surface area contributed by atoms with Gasteiger partial charge in [0.25, 0.3) is 0 Å². The van der Waals surface area contributed by atoms with E-state index in [0.29, 0.717) is 12.7 Å². The molecule has 112 valence electrons. The number of carboxylic acid groups (broad SMARTS) is 1. The van der Waals surface area contributed by atoms with E-state index in [1.54, 1.807) is 0 Å². The lowest BCUT2D eigenvalue weighted by atomic mass is 9.71. The Morgan fingerprint density at radius 3 is 2.57 bits per heavy atom. The second-order valence-electron chi connectivity index (χ2n) is 6.31. The standard InChI is InChI=1S/C16H20N2O3/c1-15(2,3)16(10-19,18-14(20)21)8-11-9-17-13-7-5-4-6-12(11)13/h4-7,9-10,17-18H,8H2,1-3H3,(H,20,21)/t16-/m1/s1. The van der Waals surface area contributed by atoms with Crippen molar-refractivity contribution in [2.75, 3.05) is 0 Å². The second kappa shape index (κ2) is 5.24. The van der Waals surface area contributed by atoms with Gasteiger partial charge in [-0.25, -0.2) is 4.79 Å². The van der Waals surface area contributed by atoms with Gasteiger partial charge in [-0.05, 0) is 17.0 Å². The minimum atomic E-state index is -1.20. The Balaban J connectivity index is 2.48. The Morgan fingerprint density at radius 2 is 2.00 bits per heavy atom. The van der Waals surface area contributed by atoms with Crippen LogP contribution in [0.25, 0.3) is 10.9 Å². The Morgan fingerprint density at radius 1 is 1.33 bits per heavy atom. The van der Waals surface area contributed by atoms with Crippen LogP contribution in [0.2, 0.25) is 0 Å². The molecule has 21 heavy (non-hydrogen) atoms. The third kappa shape index (κ3) is 2.77. The van der Waals surface area contributed by atoms with Crippen LogP contribution in [0.15, 0.2) is 30.5 Å². The highest BCUT2D eigenvalue weighted by atomic mass is 16.4. The van der Waals surface area contributed by atoms with Crippen LogP contribution in [-0.2, 0) is 11.2 Å². The number of nitrogens with one attached hydrogen (secondary N) is 2. The van der Waals surface area contributed by atoms with Gasteiger partial charge >= 0.3 is 6.09 Å². The van der Waals surface area contributed by atoms with Crippen molar-refractivity contribution in [3.05, 3.63) is 36.0 Å². The normalized spacial score (nSPS) is 14.6. The predicted molar refractivity (Wildman–Crippen MR) is 81.4 cm³/mol. The van der Waals surface area contributed by atoms with E-state index in [1.807, 2.05) is 51.2 Å². The largest absolute Gasteiger partial charge is 0.465 e. The molecule has 3 N–H and O–H groups in total. The number of para-hydroxylation sites is 1. The van der Waals surface area contributed by atoms with Gasteiger partial charge in [0.15, 0.2) is 0 Å². The van der Waals surface area contributed by atoms with Crippen LogP contribution in [0.1, 0.15) is 26.3 Å². The average Bonchev–Trinajstić information content (AvgIpc) is 2.79. The van der Waals surface area contributed by atoms with E-state index >= 15 is 0 Å². The molecule has 0 unspecified atom stereocenters. The number of carbonyl (C=O) groups excluding carboxylic acids is 1. The van der Waals surface area contributed by atoms with E-state index < -0.39 is 17.0 Å². The first-order valence-electron chi connectivity index (χ1n) is 6.81. The third-order valence-corrected chi connectivity index (χ3v) is 4.01. The molecule has 1 aromatic carbocycles. The quantitative estimate of drug-likeness (QED) is 0.756. The van der Waals surface area contributed by atoms with E-state index in [4.69, 9.17) is 5.11 Å². The number of carbonyl (C=O) groups is 2. The van der Waals surface area contributed by atoms with Crippen LogP contribution in [0, 0.1) is 5.41 Å². The van der Waals surface area contributed by atoms with Crippen LogP contribution < -0.4 is 5.32 Å². The van der Waals surface area contributed by atoms with Gasteiger partial charge in [0.05, 0.1) is 0 Å². The van der Waals surface area contributed by atoms with E-state index in [0.717, 1.165) is 16.5 Å². The number of aldehydes is 1. The highest BCUT2D eigenvalue weighted by Gasteiger charge is 2.44. The lowest BCUT2D eigenvalue weighted by molar-refractivity contribution is -0.117. The summed E-state index contributed by atoms with van der Waals surface area (Å²) in [5.74, 6) is 0. The summed E-state index contributed by atoms with van der Waals surface area (Å²) in [4.78, 5) is 26.0. The van der Waals surface area contributed by atoms with Crippen molar-refractivity contribution < 1.29 is 14.7 Å². The molecule has 0 spiro atoms. The first-order valence-corrected chi connectivity index (χ1v) is 6.81. The molecular weight excluding hydrogens is 268 g/mol. The molecular formula is C16H20N2O3. The molecule has 0 saturated heterocycles. The first-order chi connectivity index (χ1) is 9.79. The van der Waals surface area contributed by atoms with Crippen molar-refractivity contribution in [2.45, 2.75) is 32.7 Å². The Hall–Kier alpha value is -2.30. The molecule has 2 aromatic rings. The zero-order valence-corrected chi connectivity index (χ0v) is 12.4. The SMILES string of the molecule is CC(C)(C)[C@](C=O)(Cc1c[nH]c2ccccc12)NC(=O)O. The Bertz CT molecular complexity index is 669. The van der Waals surface area contributed by atoms with Crippen LogP contribution in [0.5, 0.6) is 0 Å². The lowest BCUT2D eigenvalue weighted by Gasteiger charge is -2.40. The van der Waals surface area contributed by atoms with Crippen LogP contribution in [-0.4, -0.2) is 28.0 Å². The third-order valence-electron chi connectivity index (χ3n) is 4.01. The number of rotatable bonds is 4. The maximum atomic E-state index is 11.7. The molecule has 0 fully saturated rings. The number of aromatic amines is 1. The molecule has 0 aliphatic carbocycles. The highest BCUT2D eigenvalue weighted by molar-refractivity contribution is 5.85. The van der Waals surface area contributed by atoms with Gasteiger partial charge in [-0.3, -0.25) is 0 Å². The molecule has 0 aliphatic heterocycles. The van der Waals surface area contributed by atoms with Gasteiger partial charge in [0.2, 0.25) is 0 Å². The fourth-order valence-corrected chi connectivity index (χ4v) is 2.51. The monoisotopic (exact) mass is 288 g/mol. The number of amides is 1. The molecule has 5 nitrogen and oxygen atoms in total. The summed E-state index contributed by atoms with van der Waals surface area (Å²) >= 11 is 0. The van der Waals surface area contributed by atoms with E-state index in [9.17, 15) is 9.59 Å². The summed E-state index contributed by atoms with van der Waals surface area (Å²) in [6.07, 6.45) is 1.65. The van der Waals surface area contributed by atoms with Gasteiger partial charge in [-0.2, -0.15) is 0 Å². The van der Waals surface area contributed by atoms with Crippen molar-refractivity contribution in [1.82, 2.24) is 10.3 Å². The lowest BCUT2D eigenvalue weighted by Crippen LogP contribution is -2.59. The minimum Gasteiger partial charge on any atom is -0.465 e. The minimum absolute atomic E-state index is 0.302. The zero-order chi connectivity index (χ0) is 15.7. The number of benzene rings is 1. The summed E-state index contributed by atoms with van der Waals surface area (Å²) in [5, 5.41) is 12.5. The molecule has 1 heterocycles. The number of hydrogen-bond acceptors (Lipinski definition) is 2. The van der Waals surface area contributed by atoms with Crippen LogP contribution >= 0.6 is 0 Å². The maximum absolute atomic E-state index is 11.7. The number of fused-ring (bicyclic) bond motifs is 1. The van der Waals surface area contributed by atoms with Crippen molar-refractivity contribution in [1.29, 1.82) is 0 Å². The molecule has 5 heteroatoms. The summed E-state index contributed by atoms with van der Waals surface area (Å²) in [6, 6.07) is 7.75. The van der Waals surface area contributed by atoms with Crippen LogP contribution in [0.3, 0.4) is 0 Å². The number of H-pyrrole nitrogens is 1. The van der Waals surface area contributed by atoms with Crippen molar-refractivity contribution in [3.63, 3.8) is 0 Å². The van der Waals surface area contributed by atoms with Gasteiger partial charge in [0, 0.05) is 23.5 Å². The molecule has 1 amide bonds. The summed E-state index contributed by atoms with van der Waals surface area (Å²) in [6.45, 7) is 5.56. The van der Waals surface area contributed by atoms with Crippen molar-refractivity contribution >= 4 is 23.3 Å². The summed E-state index contributed by atoms with van der Waals surface area (Å²) < 4.78 is 0. The molecule has 1 aromatic heterocycles. The first kappa shape index (κ1) is 15.1. The molecule has 0 bridgehead atoms. The fourth-order valence-electron chi connectivity index (χ4n) is 2.51. The highest BCUT2D eigenvalue weighted by Crippen LogP contribution is 2.34. The topological polar surface area (TPSA) is 82.2 Å². The van der Waals surface area contributed by atoms with E-state index in [1.165, 1.54) is 0 Å². The number of hydrogen-bond donors (Lipinski definition) is 3. The average molecular weight is 288 g/mol. The summed E-state index contributed by atoms with van der Waals surface area (Å²) in [7, 11) is 0. The molecule has 1 atom stereocenters. The summed E-state index contributed by atoms with van der Waals surface area (Å²) in [5.41, 5.74) is 0.160. The molecule has 0 aliphatic rings. The Kier molecular flexibility index (Phi) is 3.77. The second-order valence-corrected chi connectivity index (χ2v) is 6.31. The fraction of sp³-hybridized carbons (Fsp3) is 0.375. The van der Waals surface area contributed by atoms with Crippen LogP contribution in [0.4, 0.5) is 4.79 Å². The van der Waals surface area contributed by atoms with Gasteiger partial charge in [0.1, 0.15) is 11.8 Å². The molecule has 0 radical (unpaired) electrons. The van der Waals surface area contributed by atoms with E-state index in [2.05, 4.69) is 10.3 Å². The van der Waals surface area contributed by atoms with E-state index in [-0.39, 0.29) is 0 Å². The zero-order valence-electron chi connectivity index (χ0n) is 12.4.